The fourth-order valence-corrected chi connectivity index (χ4v) is 3.56. The quantitative estimate of drug-likeness (QED) is 0.711. The van der Waals surface area contributed by atoms with Crippen molar-refractivity contribution in [3.8, 4) is 0 Å². The van der Waals surface area contributed by atoms with Gasteiger partial charge in [-0.15, -0.1) is 0 Å². The Morgan fingerprint density at radius 3 is 1.95 bits per heavy atom. The van der Waals surface area contributed by atoms with Crippen LogP contribution in [-0.4, -0.2) is 51.8 Å². The summed E-state index contributed by atoms with van der Waals surface area (Å²) in [5.41, 5.74) is 5.62. The van der Waals surface area contributed by atoms with E-state index < -0.39 is 6.04 Å². The smallest absolute Gasteiger partial charge is 0.246 e. The molecule has 0 saturated carbocycles. The second-order valence-electron chi connectivity index (χ2n) is 7.16. The van der Waals surface area contributed by atoms with Crippen LogP contribution in [0, 0.1) is 0 Å². The molecule has 2 saturated heterocycles. The summed E-state index contributed by atoms with van der Waals surface area (Å²) in [7, 11) is 2.11. The second kappa shape index (κ2) is 4.28. The van der Waals surface area contributed by atoms with E-state index in [4.69, 9.17) is 5.73 Å². The highest BCUT2D eigenvalue weighted by atomic mass is 16.2. The van der Waals surface area contributed by atoms with Crippen molar-refractivity contribution in [1.29, 1.82) is 0 Å². The number of likely N-dealkylation sites (tertiary alicyclic amines) is 2. The number of amides is 2. The van der Waals surface area contributed by atoms with Crippen LogP contribution in [0.4, 0.5) is 0 Å². The van der Waals surface area contributed by atoms with E-state index in [1.54, 1.807) is 0 Å². The third kappa shape index (κ3) is 2.30. The zero-order valence-corrected chi connectivity index (χ0v) is 12.6. The summed E-state index contributed by atoms with van der Waals surface area (Å²) in [6, 6.07) is -0.673. The van der Waals surface area contributed by atoms with Crippen molar-refractivity contribution < 1.29 is 9.59 Å². The van der Waals surface area contributed by atoms with Crippen LogP contribution in [-0.2, 0) is 9.59 Å². The van der Waals surface area contributed by atoms with Crippen LogP contribution in [0.25, 0.3) is 0 Å². The Morgan fingerprint density at radius 1 is 1.11 bits per heavy atom. The molecule has 5 nitrogen and oxygen atoms in total. The minimum Gasteiger partial charge on any atom is -0.319 e. The molecule has 2 heterocycles. The fraction of sp³-hybridized carbons (Fsp3) is 0.857. The van der Waals surface area contributed by atoms with Gasteiger partial charge in [0.25, 0.3) is 0 Å². The lowest BCUT2D eigenvalue weighted by molar-refractivity contribution is -0.146. The van der Waals surface area contributed by atoms with Gasteiger partial charge in [-0.2, -0.15) is 0 Å². The van der Waals surface area contributed by atoms with E-state index >= 15 is 0 Å². The van der Waals surface area contributed by atoms with Crippen molar-refractivity contribution in [3.05, 3.63) is 0 Å². The summed E-state index contributed by atoms with van der Waals surface area (Å²) in [6.07, 6.45) is 1.76. The SMILES string of the molecule is CN1C(C)(C)CC(N2C(=O)CC(N)C2=O)CC1(C)C. The summed E-state index contributed by atoms with van der Waals surface area (Å²) in [4.78, 5) is 27.9. The molecule has 0 aromatic heterocycles. The maximum atomic E-state index is 12.1. The largest absolute Gasteiger partial charge is 0.319 e. The van der Waals surface area contributed by atoms with Gasteiger partial charge in [-0.1, -0.05) is 0 Å². The molecule has 2 rings (SSSR count). The van der Waals surface area contributed by atoms with Crippen LogP contribution in [0.5, 0.6) is 0 Å². The van der Waals surface area contributed by atoms with Gasteiger partial charge in [0, 0.05) is 17.1 Å². The van der Waals surface area contributed by atoms with Crippen molar-refractivity contribution in [1.82, 2.24) is 9.80 Å². The number of hydrogen-bond acceptors (Lipinski definition) is 4. The molecule has 2 fully saturated rings. The zero-order chi connectivity index (χ0) is 14.6. The predicted molar refractivity (Wildman–Crippen MR) is 73.4 cm³/mol. The molecular formula is C14H25N3O2. The van der Waals surface area contributed by atoms with Gasteiger partial charge < -0.3 is 5.73 Å². The molecule has 1 atom stereocenters. The fourth-order valence-electron chi connectivity index (χ4n) is 3.56. The van der Waals surface area contributed by atoms with Gasteiger partial charge in [0.05, 0.1) is 12.5 Å². The monoisotopic (exact) mass is 267 g/mol. The lowest BCUT2D eigenvalue weighted by atomic mass is 9.77. The highest BCUT2D eigenvalue weighted by molar-refractivity contribution is 6.05. The van der Waals surface area contributed by atoms with Crippen LogP contribution in [0.2, 0.25) is 0 Å². The van der Waals surface area contributed by atoms with Gasteiger partial charge in [0.1, 0.15) is 0 Å². The number of carbonyl (C=O) groups excluding carboxylic acids is 2. The molecule has 2 N–H and O–H groups in total. The van der Waals surface area contributed by atoms with Crippen molar-refractivity contribution in [2.24, 2.45) is 5.73 Å². The number of carbonyl (C=O) groups is 2. The highest BCUT2D eigenvalue weighted by Gasteiger charge is 2.49. The lowest BCUT2D eigenvalue weighted by Gasteiger charge is -2.54. The molecule has 0 aliphatic carbocycles. The number of nitrogens with zero attached hydrogens (tertiary/aromatic N) is 2. The Balaban J connectivity index is 2.27. The summed E-state index contributed by atoms with van der Waals surface area (Å²) < 4.78 is 0. The lowest BCUT2D eigenvalue weighted by Crippen LogP contribution is -2.63. The number of imide groups is 1. The molecule has 19 heavy (non-hydrogen) atoms. The molecule has 1 unspecified atom stereocenters. The molecule has 2 aliphatic heterocycles. The number of nitrogens with two attached hydrogens (primary N) is 1. The molecule has 0 aromatic carbocycles. The molecule has 5 heteroatoms. The second-order valence-corrected chi connectivity index (χ2v) is 7.16. The van der Waals surface area contributed by atoms with E-state index in [1.807, 2.05) is 0 Å². The van der Waals surface area contributed by atoms with Gasteiger partial charge in [0.2, 0.25) is 11.8 Å². The molecule has 0 aromatic rings. The highest BCUT2D eigenvalue weighted by Crippen LogP contribution is 2.39. The van der Waals surface area contributed by atoms with E-state index in [0.717, 1.165) is 12.8 Å². The van der Waals surface area contributed by atoms with Gasteiger partial charge in [-0.25, -0.2) is 0 Å². The molecule has 108 valence electrons. The number of piperidine rings is 1. The average molecular weight is 267 g/mol. The van der Waals surface area contributed by atoms with Crippen LogP contribution in [0.15, 0.2) is 0 Å². The van der Waals surface area contributed by atoms with Gasteiger partial charge >= 0.3 is 0 Å². The molecule has 0 spiro atoms. The van der Waals surface area contributed by atoms with Crippen molar-refractivity contribution in [2.75, 3.05) is 7.05 Å². The van der Waals surface area contributed by atoms with Crippen LogP contribution < -0.4 is 5.73 Å². The maximum Gasteiger partial charge on any atom is 0.246 e. The Hall–Kier alpha value is -0.940. The van der Waals surface area contributed by atoms with Crippen molar-refractivity contribution >= 4 is 11.8 Å². The maximum absolute atomic E-state index is 12.1. The minimum absolute atomic E-state index is 0.0326. The van der Waals surface area contributed by atoms with Crippen molar-refractivity contribution in [2.45, 2.75) is 70.1 Å². The summed E-state index contributed by atoms with van der Waals surface area (Å²) in [5.74, 6) is -0.315. The van der Waals surface area contributed by atoms with Crippen molar-refractivity contribution in [3.63, 3.8) is 0 Å². The summed E-state index contributed by atoms with van der Waals surface area (Å²) in [5, 5.41) is 0. The topological polar surface area (TPSA) is 66.6 Å². The molecule has 0 bridgehead atoms. The van der Waals surface area contributed by atoms with Gasteiger partial charge in [-0.3, -0.25) is 19.4 Å². The first-order valence-electron chi connectivity index (χ1n) is 6.92. The van der Waals surface area contributed by atoms with E-state index in [-0.39, 0.29) is 35.4 Å². The summed E-state index contributed by atoms with van der Waals surface area (Å²) >= 11 is 0. The Morgan fingerprint density at radius 2 is 1.58 bits per heavy atom. The zero-order valence-electron chi connectivity index (χ0n) is 12.6. The predicted octanol–water partition coefficient (Wildman–Crippen LogP) is 0.724. The normalized spacial score (nSPS) is 32.1. The number of hydrogen-bond donors (Lipinski definition) is 1. The van der Waals surface area contributed by atoms with Gasteiger partial charge in [-0.05, 0) is 47.6 Å². The van der Waals surface area contributed by atoms with Crippen LogP contribution in [0.1, 0.15) is 47.0 Å². The van der Waals surface area contributed by atoms with E-state index in [1.165, 1.54) is 4.90 Å². The minimum atomic E-state index is -0.640. The van der Waals surface area contributed by atoms with Crippen LogP contribution >= 0.6 is 0 Å². The van der Waals surface area contributed by atoms with Crippen LogP contribution in [0.3, 0.4) is 0 Å². The summed E-state index contributed by atoms with van der Waals surface area (Å²) in [6.45, 7) is 8.63. The standard InChI is InChI=1S/C14H25N3O2/c1-13(2)7-9(8-14(3,4)16(13)5)17-11(18)6-10(15)12(17)19/h9-10H,6-8,15H2,1-5H3. The van der Waals surface area contributed by atoms with E-state index in [0.29, 0.717) is 0 Å². The van der Waals surface area contributed by atoms with E-state index in [2.05, 4.69) is 39.6 Å². The first kappa shape index (κ1) is 14.5. The molecular weight excluding hydrogens is 242 g/mol. The Bertz CT molecular complexity index is 399. The Kier molecular flexibility index (Phi) is 3.26. The first-order valence-corrected chi connectivity index (χ1v) is 6.92. The molecule has 0 radical (unpaired) electrons. The third-order valence-electron chi connectivity index (χ3n) is 4.87. The third-order valence-corrected chi connectivity index (χ3v) is 4.87. The Labute approximate surface area is 115 Å². The molecule has 2 aliphatic rings. The first-order chi connectivity index (χ1) is 8.56. The average Bonchev–Trinajstić information content (AvgIpc) is 2.49. The number of rotatable bonds is 1. The van der Waals surface area contributed by atoms with Gasteiger partial charge in [0.15, 0.2) is 0 Å². The molecule has 2 amide bonds. The van der Waals surface area contributed by atoms with E-state index in [9.17, 15) is 9.59 Å².